The van der Waals surface area contributed by atoms with E-state index in [2.05, 4.69) is 20.0 Å². The Morgan fingerprint density at radius 1 is 1.36 bits per heavy atom. The number of hydrogen-bond acceptors (Lipinski definition) is 7. The third kappa shape index (κ3) is 3.26. The predicted octanol–water partition coefficient (Wildman–Crippen LogP) is 3.32. The maximum absolute atomic E-state index is 11.2. The quantitative estimate of drug-likeness (QED) is 0.661. The number of anilines is 3. The number of aromatic nitrogens is 2. The van der Waals surface area contributed by atoms with E-state index in [-0.39, 0.29) is 5.91 Å². The molecule has 8 nitrogen and oxygen atoms in total. The van der Waals surface area contributed by atoms with Gasteiger partial charge in [-0.25, -0.2) is 14.3 Å². The molecule has 25 heavy (non-hydrogen) atoms. The van der Waals surface area contributed by atoms with Gasteiger partial charge in [-0.3, -0.25) is 18.6 Å². The van der Waals surface area contributed by atoms with Crippen molar-refractivity contribution >= 4 is 34.2 Å². The van der Waals surface area contributed by atoms with Crippen LogP contribution in [0.15, 0.2) is 30.6 Å². The van der Waals surface area contributed by atoms with Gasteiger partial charge in [0, 0.05) is 31.4 Å². The maximum Gasteiger partial charge on any atom is 0.222 e. The van der Waals surface area contributed by atoms with Crippen molar-refractivity contribution in [3.8, 4) is 11.1 Å². The summed E-state index contributed by atoms with van der Waals surface area (Å²) in [5.74, 6) is 1.33. The van der Waals surface area contributed by atoms with Crippen molar-refractivity contribution in [1.82, 2.24) is 9.97 Å². The van der Waals surface area contributed by atoms with Gasteiger partial charge in [-0.1, -0.05) is 0 Å². The zero-order valence-corrected chi connectivity index (χ0v) is 14.5. The molecule has 1 aliphatic carbocycles. The Hall–Kier alpha value is -2.36. The molecule has 0 bridgehead atoms. The summed E-state index contributed by atoms with van der Waals surface area (Å²) in [5, 5.41) is 2.65. The van der Waals surface area contributed by atoms with Crippen molar-refractivity contribution in [2.24, 2.45) is 5.92 Å². The molecule has 1 saturated carbocycles. The fourth-order valence-corrected chi connectivity index (χ4v) is 4.16. The standard InChI is InChI=1S/C16H19N5O3S/c1-10(22)19-15-7-12(4-5-17-15)13-6-14-16(18-8-13)21(9-11-2-3-11)25(23,24)20-14/h4-8,11,20,23-24H,2-3,9H2,1H3,(H,17,19,22). The Kier molecular flexibility index (Phi) is 3.78. The summed E-state index contributed by atoms with van der Waals surface area (Å²) in [4.78, 5) is 19.7. The second-order valence-corrected chi connectivity index (χ2v) is 8.01. The van der Waals surface area contributed by atoms with Crippen LogP contribution in [0.1, 0.15) is 19.8 Å². The minimum atomic E-state index is -3.07. The summed E-state index contributed by atoms with van der Waals surface area (Å²) in [6, 6.07) is 5.39. The summed E-state index contributed by atoms with van der Waals surface area (Å²) < 4.78 is 25.0. The second kappa shape index (κ2) is 5.87. The summed E-state index contributed by atoms with van der Waals surface area (Å²) in [7, 11) is -3.07. The van der Waals surface area contributed by atoms with Crippen molar-refractivity contribution in [3.63, 3.8) is 0 Å². The fraction of sp³-hybridized carbons (Fsp3) is 0.312. The molecular weight excluding hydrogens is 342 g/mol. The molecule has 1 fully saturated rings. The minimum absolute atomic E-state index is 0.192. The first-order valence-corrected chi connectivity index (χ1v) is 9.50. The van der Waals surface area contributed by atoms with Gasteiger partial charge in [0.05, 0.1) is 0 Å². The van der Waals surface area contributed by atoms with Gasteiger partial charge in [0.2, 0.25) is 5.91 Å². The second-order valence-electron chi connectivity index (χ2n) is 6.33. The van der Waals surface area contributed by atoms with Gasteiger partial charge in [0.1, 0.15) is 11.5 Å². The molecule has 9 heteroatoms. The Morgan fingerprint density at radius 2 is 2.16 bits per heavy atom. The van der Waals surface area contributed by atoms with Crippen molar-refractivity contribution in [1.29, 1.82) is 0 Å². The smallest absolute Gasteiger partial charge is 0.222 e. The lowest BCUT2D eigenvalue weighted by Gasteiger charge is -2.36. The first-order chi connectivity index (χ1) is 11.9. The van der Waals surface area contributed by atoms with Crippen molar-refractivity contribution in [2.45, 2.75) is 19.8 Å². The van der Waals surface area contributed by atoms with Gasteiger partial charge < -0.3 is 5.32 Å². The van der Waals surface area contributed by atoms with Crippen LogP contribution in [0.3, 0.4) is 0 Å². The van der Waals surface area contributed by atoms with E-state index in [1.54, 1.807) is 22.8 Å². The van der Waals surface area contributed by atoms with E-state index in [4.69, 9.17) is 0 Å². The molecule has 1 aliphatic heterocycles. The molecule has 3 heterocycles. The van der Waals surface area contributed by atoms with E-state index in [9.17, 15) is 13.9 Å². The Labute approximate surface area is 146 Å². The molecule has 0 unspecified atom stereocenters. The van der Waals surface area contributed by atoms with Crippen molar-refractivity contribution in [3.05, 3.63) is 30.6 Å². The minimum Gasteiger partial charge on any atom is -0.311 e. The van der Waals surface area contributed by atoms with E-state index >= 15 is 0 Å². The molecule has 2 aromatic rings. The van der Waals surface area contributed by atoms with Gasteiger partial charge in [-0.2, -0.15) is 0 Å². The highest BCUT2D eigenvalue weighted by Gasteiger charge is 2.38. The van der Waals surface area contributed by atoms with Crippen LogP contribution in [0.5, 0.6) is 0 Å². The summed E-state index contributed by atoms with van der Waals surface area (Å²) >= 11 is 0. The van der Waals surface area contributed by atoms with Crippen molar-refractivity contribution < 1.29 is 13.9 Å². The molecule has 0 radical (unpaired) electrons. The molecule has 2 aromatic heterocycles. The predicted molar refractivity (Wildman–Crippen MR) is 98.3 cm³/mol. The van der Waals surface area contributed by atoms with Gasteiger partial charge in [0.15, 0.2) is 5.82 Å². The van der Waals surface area contributed by atoms with Gasteiger partial charge in [-0.05, 0) is 53.5 Å². The first-order valence-electron chi connectivity index (χ1n) is 8.00. The van der Waals surface area contributed by atoms with Crippen LogP contribution in [0.2, 0.25) is 0 Å². The van der Waals surface area contributed by atoms with Crippen LogP contribution in [0, 0.1) is 5.92 Å². The number of rotatable bonds is 4. The zero-order chi connectivity index (χ0) is 17.6. The number of amides is 1. The summed E-state index contributed by atoms with van der Waals surface area (Å²) in [5.41, 5.74) is 2.22. The topological polar surface area (TPSA) is 111 Å². The van der Waals surface area contributed by atoms with Crippen LogP contribution in [-0.2, 0) is 4.79 Å². The third-order valence-corrected chi connectivity index (χ3v) is 5.61. The number of nitrogens with zero attached hydrogens (tertiary/aromatic N) is 3. The summed E-state index contributed by atoms with van der Waals surface area (Å²) in [6.07, 6.45) is 5.52. The van der Waals surface area contributed by atoms with E-state index in [1.165, 1.54) is 6.92 Å². The highest BCUT2D eigenvalue weighted by Crippen LogP contribution is 2.56. The zero-order valence-electron chi connectivity index (χ0n) is 13.6. The lowest BCUT2D eigenvalue weighted by molar-refractivity contribution is -0.114. The fourth-order valence-electron chi connectivity index (χ4n) is 2.80. The van der Waals surface area contributed by atoms with E-state index in [1.807, 2.05) is 12.1 Å². The SMILES string of the molecule is CC(=O)Nc1cc(-c2cnc3c(c2)NS(O)(O)N3CC2CC2)ccn1. The highest BCUT2D eigenvalue weighted by atomic mass is 32.3. The lowest BCUT2D eigenvalue weighted by atomic mass is 10.1. The number of nitrogens with one attached hydrogen (secondary N) is 2. The average molecular weight is 361 g/mol. The number of hydrogen-bond donors (Lipinski definition) is 4. The van der Waals surface area contributed by atoms with E-state index in [0.717, 1.165) is 24.0 Å². The molecule has 0 atom stereocenters. The molecule has 0 saturated heterocycles. The van der Waals surface area contributed by atoms with Crippen LogP contribution >= 0.6 is 11.0 Å². The number of pyridine rings is 2. The summed E-state index contributed by atoms with van der Waals surface area (Å²) in [6.45, 7) is 2.02. The third-order valence-electron chi connectivity index (χ3n) is 4.18. The monoisotopic (exact) mass is 361 g/mol. The molecule has 4 rings (SSSR count). The largest absolute Gasteiger partial charge is 0.311 e. The van der Waals surface area contributed by atoms with Gasteiger partial charge in [-0.15, -0.1) is 0 Å². The number of carbonyl (C=O) groups is 1. The number of fused-ring (bicyclic) bond motifs is 1. The Morgan fingerprint density at radius 3 is 2.88 bits per heavy atom. The molecule has 132 valence electrons. The van der Waals surface area contributed by atoms with Crippen LogP contribution < -0.4 is 14.3 Å². The van der Waals surface area contributed by atoms with Crippen LogP contribution in [-0.4, -0.2) is 31.5 Å². The highest BCUT2D eigenvalue weighted by molar-refractivity contribution is 8.26. The van der Waals surface area contributed by atoms with Gasteiger partial charge >= 0.3 is 0 Å². The van der Waals surface area contributed by atoms with Crippen LogP contribution in [0.25, 0.3) is 11.1 Å². The molecule has 1 amide bonds. The van der Waals surface area contributed by atoms with E-state index < -0.39 is 11.0 Å². The molecule has 4 N–H and O–H groups in total. The molecule has 0 spiro atoms. The number of carbonyl (C=O) groups excluding carboxylic acids is 1. The Balaban J connectivity index is 1.65. The molecular formula is C16H19N5O3S. The Bertz CT molecular complexity index is 840. The molecule has 2 aliphatic rings. The molecule has 0 aromatic carbocycles. The van der Waals surface area contributed by atoms with E-state index in [0.29, 0.717) is 29.8 Å². The maximum atomic E-state index is 11.2. The first kappa shape index (κ1) is 16.1. The average Bonchev–Trinajstić information content (AvgIpc) is 3.32. The van der Waals surface area contributed by atoms with Crippen LogP contribution in [0.4, 0.5) is 17.3 Å². The van der Waals surface area contributed by atoms with Crippen molar-refractivity contribution in [2.75, 3.05) is 20.9 Å². The lowest BCUT2D eigenvalue weighted by Crippen LogP contribution is -2.28. The normalized spacial score (nSPS) is 19.1. The van der Waals surface area contributed by atoms with Gasteiger partial charge in [0.25, 0.3) is 0 Å².